The first-order valence-electron chi connectivity index (χ1n) is 10.2. The fourth-order valence-corrected chi connectivity index (χ4v) is 4.27. The van der Waals surface area contributed by atoms with Gasteiger partial charge in [-0.25, -0.2) is 0 Å². The molecule has 4 rings (SSSR count). The average molecular weight is 371 g/mol. The van der Waals surface area contributed by atoms with Crippen LogP contribution in [0.3, 0.4) is 0 Å². The van der Waals surface area contributed by atoms with E-state index >= 15 is 0 Å². The van der Waals surface area contributed by atoms with Gasteiger partial charge in [0.15, 0.2) is 5.65 Å². The van der Waals surface area contributed by atoms with E-state index in [0.29, 0.717) is 12.6 Å². The van der Waals surface area contributed by atoms with E-state index in [2.05, 4.69) is 20.4 Å². The Morgan fingerprint density at radius 3 is 3.00 bits per heavy atom. The molecule has 146 valence electrons. The molecule has 1 atom stereocenters. The second-order valence-corrected chi connectivity index (χ2v) is 7.62. The maximum Gasteiger partial charge on any atom is 0.224 e. The van der Waals surface area contributed by atoms with E-state index in [9.17, 15) is 4.79 Å². The van der Waals surface area contributed by atoms with Crippen molar-refractivity contribution >= 4 is 11.6 Å². The molecule has 1 unspecified atom stereocenters. The largest absolute Gasteiger partial charge is 0.381 e. The van der Waals surface area contributed by atoms with Crippen molar-refractivity contribution in [2.45, 2.75) is 44.6 Å². The SMILES string of the molecule is O=C(NCCCc1nnc2ccccn12)C1CCCN(C2CCOCC2)C1. The molecule has 2 aliphatic rings. The second-order valence-electron chi connectivity index (χ2n) is 7.62. The number of hydrogen-bond donors (Lipinski definition) is 1. The van der Waals surface area contributed by atoms with Crippen LogP contribution in [0.5, 0.6) is 0 Å². The lowest BCUT2D eigenvalue weighted by Gasteiger charge is -2.39. The lowest BCUT2D eigenvalue weighted by Crippen LogP contribution is -2.48. The molecule has 0 saturated carbocycles. The molecule has 0 spiro atoms. The van der Waals surface area contributed by atoms with Crippen LogP contribution in [-0.4, -0.2) is 64.3 Å². The minimum Gasteiger partial charge on any atom is -0.381 e. The van der Waals surface area contributed by atoms with Crippen molar-refractivity contribution in [3.63, 3.8) is 0 Å². The molecule has 7 nitrogen and oxygen atoms in total. The van der Waals surface area contributed by atoms with E-state index < -0.39 is 0 Å². The number of fused-ring (bicyclic) bond motifs is 1. The Hall–Kier alpha value is -1.99. The highest BCUT2D eigenvalue weighted by Crippen LogP contribution is 2.23. The summed E-state index contributed by atoms with van der Waals surface area (Å²) >= 11 is 0. The highest BCUT2D eigenvalue weighted by molar-refractivity contribution is 5.78. The monoisotopic (exact) mass is 371 g/mol. The van der Waals surface area contributed by atoms with Gasteiger partial charge < -0.3 is 10.1 Å². The maximum atomic E-state index is 12.6. The van der Waals surface area contributed by atoms with Crippen LogP contribution in [0.15, 0.2) is 24.4 Å². The molecular weight excluding hydrogens is 342 g/mol. The number of aromatic nitrogens is 3. The van der Waals surface area contributed by atoms with E-state index in [1.807, 2.05) is 28.8 Å². The number of aryl methyl sites for hydroxylation is 1. The highest BCUT2D eigenvalue weighted by Gasteiger charge is 2.30. The molecule has 7 heteroatoms. The third-order valence-electron chi connectivity index (χ3n) is 5.79. The lowest BCUT2D eigenvalue weighted by atomic mass is 9.94. The summed E-state index contributed by atoms with van der Waals surface area (Å²) < 4.78 is 7.48. The number of rotatable bonds is 6. The van der Waals surface area contributed by atoms with E-state index in [4.69, 9.17) is 4.74 Å². The third kappa shape index (κ3) is 4.47. The zero-order valence-corrected chi connectivity index (χ0v) is 15.8. The van der Waals surface area contributed by atoms with Crippen molar-refractivity contribution in [2.75, 3.05) is 32.8 Å². The molecule has 0 bridgehead atoms. The predicted octanol–water partition coefficient (Wildman–Crippen LogP) is 1.67. The lowest BCUT2D eigenvalue weighted by molar-refractivity contribution is -0.127. The number of likely N-dealkylation sites (tertiary alicyclic amines) is 1. The van der Waals surface area contributed by atoms with Gasteiger partial charge in [0, 0.05) is 45.0 Å². The molecule has 2 aliphatic heterocycles. The van der Waals surface area contributed by atoms with Crippen LogP contribution in [0.25, 0.3) is 5.65 Å². The van der Waals surface area contributed by atoms with Crippen molar-refractivity contribution < 1.29 is 9.53 Å². The van der Waals surface area contributed by atoms with E-state index in [0.717, 1.165) is 76.3 Å². The van der Waals surface area contributed by atoms with Crippen LogP contribution < -0.4 is 5.32 Å². The Morgan fingerprint density at radius 2 is 2.11 bits per heavy atom. The summed E-state index contributed by atoms with van der Waals surface area (Å²) in [4.78, 5) is 15.1. The van der Waals surface area contributed by atoms with Crippen LogP contribution in [0.4, 0.5) is 0 Å². The Morgan fingerprint density at radius 1 is 1.22 bits per heavy atom. The number of nitrogens with one attached hydrogen (secondary N) is 1. The van der Waals surface area contributed by atoms with Crippen LogP contribution >= 0.6 is 0 Å². The van der Waals surface area contributed by atoms with Crippen molar-refractivity contribution in [2.24, 2.45) is 5.92 Å². The molecule has 2 fully saturated rings. The van der Waals surface area contributed by atoms with Crippen molar-refractivity contribution in [1.29, 1.82) is 0 Å². The van der Waals surface area contributed by atoms with Crippen LogP contribution in [0.2, 0.25) is 0 Å². The number of ether oxygens (including phenoxy) is 1. The first-order valence-corrected chi connectivity index (χ1v) is 10.2. The number of piperidine rings is 1. The smallest absolute Gasteiger partial charge is 0.224 e. The van der Waals surface area contributed by atoms with E-state index in [1.165, 1.54) is 0 Å². The van der Waals surface area contributed by atoms with Gasteiger partial charge in [-0.3, -0.25) is 14.1 Å². The molecule has 0 aromatic carbocycles. The van der Waals surface area contributed by atoms with Gasteiger partial charge in [0.2, 0.25) is 5.91 Å². The van der Waals surface area contributed by atoms with Gasteiger partial charge in [-0.15, -0.1) is 10.2 Å². The summed E-state index contributed by atoms with van der Waals surface area (Å²) in [5.74, 6) is 1.27. The third-order valence-corrected chi connectivity index (χ3v) is 5.79. The molecule has 27 heavy (non-hydrogen) atoms. The molecule has 1 N–H and O–H groups in total. The van der Waals surface area contributed by atoms with Crippen LogP contribution in [0.1, 0.15) is 37.9 Å². The normalized spacial score (nSPS) is 22.1. The number of pyridine rings is 1. The molecule has 2 aromatic rings. The minimum atomic E-state index is 0.121. The zero-order chi connectivity index (χ0) is 18.5. The Bertz CT molecular complexity index is 756. The second kappa shape index (κ2) is 8.80. The van der Waals surface area contributed by atoms with Crippen molar-refractivity contribution in [1.82, 2.24) is 24.8 Å². The summed E-state index contributed by atoms with van der Waals surface area (Å²) in [6.07, 6.45) is 7.97. The maximum absolute atomic E-state index is 12.6. The molecule has 4 heterocycles. The number of carbonyl (C=O) groups excluding carboxylic acids is 1. The molecule has 1 amide bonds. The summed E-state index contributed by atoms with van der Waals surface area (Å²) in [7, 11) is 0. The van der Waals surface area contributed by atoms with Gasteiger partial charge in [-0.1, -0.05) is 6.07 Å². The van der Waals surface area contributed by atoms with Gasteiger partial charge in [-0.05, 0) is 50.8 Å². The summed E-state index contributed by atoms with van der Waals surface area (Å²) in [5, 5.41) is 11.6. The van der Waals surface area contributed by atoms with Crippen LogP contribution in [-0.2, 0) is 16.0 Å². The fraction of sp³-hybridized carbons (Fsp3) is 0.650. The highest BCUT2D eigenvalue weighted by atomic mass is 16.5. The number of nitrogens with zero attached hydrogens (tertiary/aromatic N) is 4. The van der Waals surface area contributed by atoms with Crippen molar-refractivity contribution in [3.05, 3.63) is 30.2 Å². The Kier molecular flexibility index (Phi) is 5.99. The molecule has 0 radical (unpaired) electrons. The molecular formula is C20H29N5O2. The quantitative estimate of drug-likeness (QED) is 0.782. The van der Waals surface area contributed by atoms with Crippen molar-refractivity contribution in [3.8, 4) is 0 Å². The zero-order valence-electron chi connectivity index (χ0n) is 15.8. The molecule has 2 aromatic heterocycles. The number of carbonyl (C=O) groups is 1. The minimum absolute atomic E-state index is 0.121. The Balaban J connectivity index is 1.22. The van der Waals surface area contributed by atoms with Gasteiger partial charge >= 0.3 is 0 Å². The average Bonchev–Trinajstić information content (AvgIpc) is 3.15. The summed E-state index contributed by atoms with van der Waals surface area (Å²) in [6, 6.07) is 6.48. The number of amides is 1. The predicted molar refractivity (Wildman–Crippen MR) is 102 cm³/mol. The number of hydrogen-bond acceptors (Lipinski definition) is 5. The molecule has 0 aliphatic carbocycles. The van der Waals surface area contributed by atoms with Gasteiger partial charge in [0.05, 0.1) is 5.92 Å². The summed E-state index contributed by atoms with van der Waals surface area (Å²) in [5.41, 5.74) is 0.868. The fourth-order valence-electron chi connectivity index (χ4n) is 4.27. The molecule has 2 saturated heterocycles. The Labute approximate surface area is 160 Å². The van der Waals surface area contributed by atoms with Gasteiger partial charge in [0.1, 0.15) is 5.82 Å². The van der Waals surface area contributed by atoms with Crippen LogP contribution in [0, 0.1) is 5.92 Å². The van der Waals surface area contributed by atoms with E-state index in [-0.39, 0.29) is 11.8 Å². The van der Waals surface area contributed by atoms with Gasteiger partial charge in [-0.2, -0.15) is 0 Å². The van der Waals surface area contributed by atoms with E-state index in [1.54, 1.807) is 0 Å². The topological polar surface area (TPSA) is 71.8 Å². The first kappa shape index (κ1) is 18.4. The van der Waals surface area contributed by atoms with Gasteiger partial charge in [0.25, 0.3) is 0 Å². The summed E-state index contributed by atoms with van der Waals surface area (Å²) in [6.45, 7) is 4.42. The first-order chi connectivity index (χ1) is 13.3. The standard InChI is InChI=1S/C20H29N5O2/c26-20(16-5-4-11-24(15-16)17-8-13-27-14-9-17)21-10-3-7-19-23-22-18-6-1-2-12-25(18)19/h1-2,6,12,16-17H,3-5,7-11,13-15H2,(H,21,26).